The van der Waals surface area contributed by atoms with E-state index in [1.165, 1.54) is 0 Å². The largest absolute Gasteiger partial charge is 0.495 e. The van der Waals surface area contributed by atoms with Crippen LogP contribution in [0.1, 0.15) is 5.56 Å². The van der Waals surface area contributed by atoms with Crippen LogP contribution >= 0.6 is 31.9 Å². The van der Waals surface area contributed by atoms with Crippen LogP contribution in [0.3, 0.4) is 0 Å². The Balaban J connectivity index is 2.21. The molecular weight excluding hydrogens is 394 g/mol. The van der Waals surface area contributed by atoms with Crippen LogP contribution in [0.15, 0.2) is 37.2 Å². The van der Waals surface area contributed by atoms with Crippen molar-refractivity contribution in [2.24, 2.45) is 5.10 Å². The van der Waals surface area contributed by atoms with Crippen molar-refractivity contribution >= 4 is 44.0 Å². The molecule has 0 aliphatic carbocycles. The fourth-order valence-corrected chi connectivity index (χ4v) is 2.84. The van der Waals surface area contributed by atoms with Crippen molar-refractivity contribution in [3.63, 3.8) is 0 Å². The normalized spacial score (nSPS) is 10.8. The Morgan fingerprint density at radius 2 is 2.25 bits per heavy atom. The van der Waals surface area contributed by atoms with Gasteiger partial charge in [0.2, 0.25) is 5.95 Å². The molecule has 0 fully saturated rings. The van der Waals surface area contributed by atoms with E-state index in [-0.39, 0.29) is 11.5 Å². The predicted octanol–water partition coefficient (Wildman–Crippen LogP) is 2.14. The number of nitrogens with one attached hydrogen (secondary N) is 2. The predicted molar refractivity (Wildman–Crippen MR) is 82.3 cm³/mol. The highest BCUT2D eigenvalue weighted by Gasteiger charge is 2.07. The van der Waals surface area contributed by atoms with Crippen molar-refractivity contribution in [1.82, 2.24) is 15.2 Å². The van der Waals surface area contributed by atoms with Crippen molar-refractivity contribution < 1.29 is 4.74 Å². The van der Waals surface area contributed by atoms with Gasteiger partial charge in [0.15, 0.2) is 0 Å². The maximum Gasteiger partial charge on any atom is 0.271 e. The quantitative estimate of drug-likeness (QED) is 0.603. The van der Waals surface area contributed by atoms with E-state index in [0.717, 1.165) is 20.7 Å². The Hall–Kier alpha value is -1.74. The second-order valence-corrected chi connectivity index (χ2v) is 5.33. The van der Waals surface area contributed by atoms with Gasteiger partial charge >= 0.3 is 0 Å². The van der Waals surface area contributed by atoms with Crippen LogP contribution in [-0.2, 0) is 0 Å². The molecule has 0 radical (unpaired) electrons. The minimum absolute atomic E-state index is 0.154. The van der Waals surface area contributed by atoms with Crippen molar-refractivity contribution in [3.05, 3.63) is 43.2 Å². The molecule has 0 atom stereocenters. The molecule has 104 valence electrons. The Morgan fingerprint density at radius 3 is 2.95 bits per heavy atom. The van der Waals surface area contributed by atoms with Crippen molar-refractivity contribution in [2.75, 3.05) is 12.5 Å². The van der Waals surface area contributed by atoms with E-state index in [0.29, 0.717) is 5.75 Å². The molecule has 0 unspecified atom stereocenters. The second kappa shape index (κ2) is 6.62. The molecule has 2 rings (SSSR count). The smallest absolute Gasteiger partial charge is 0.271 e. The Labute approximate surface area is 130 Å². The molecule has 0 aliphatic heterocycles. The molecule has 1 aromatic heterocycles. The van der Waals surface area contributed by atoms with Crippen LogP contribution in [0.5, 0.6) is 5.75 Å². The number of hydrogen-bond donors (Lipinski definition) is 2. The second-order valence-electron chi connectivity index (χ2n) is 3.56. The van der Waals surface area contributed by atoms with Gasteiger partial charge in [0, 0.05) is 10.0 Å². The first-order chi connectivity index (χ1) is 9.60. The third-order valence-electron chi connectivity index (χ3n) is 2.19. The number of benzene rings is 1. The van der Waals surface area contributed by atoms with Gasteiger partial charge in [0.25, 0.3) is 5.56 Å². The number of hydrazone groups is 1. The molecule has 0 spiro atoms. The van der Waals surface area contributed by atoms with Gasteiger partial charge in [-0.15, -0.1) is 10.2 Å². The number of aromatic nitrogens is 3. The third kappa shape index (κ3) is 3.64. The molecule has 2 N–H and O–H groups in total. The zero-order valence-corrected chi connectivity index (χ0v) is 13.4. The number of halogens is 2. The first kappa shape index (κ1) is 14.7. The standard InChI is InChI=1S/C11H9Br2N5O2/c1-20-10-6(2-7(12)3-8(10)13)4-14-17-11-16-9(19)5-15-18-11/h2-5H,1H3,(H2,16,17,18,19)/b14-4+. The van der Waals surface area contributed by atoms with Gasteiger partial charge < -0.3 is 4.74 Å². The van der Waals surface area contributed by atoms with Gasteiger partial charge in [-0.2, -0.15) is 5.10 Å². The Morgan fingerprint density at radius 1 is 1.45 bits per heavy atom. The molecule has 1 aromatic carbocycles. The molecule has 7 nitrogen and oxygen atoms in total. The number of hydrogen-bond acceptors (Lipinski definition) is 6. The van der Waals surface area contributed by atoms with Crippen LogP contribution in [0, 0.1) is 0 Å². The molecule has 9 heteroatoms. The van der Waals surface area contributed by atoms with Gasteiger partial charge in [0.1, 0.15) is 11.9 Å². The highest BCUT2D eigenvalue weighted by molar-refractivity contribution is 9.11. The Kier molecular flexibility index (Phi) is 4.85. The monoisotopic (exact) mass is 401 g/mol. The van der Waals surface area contributed by atoms with E-state index in [1.807, 2.05) is 12.1 Å². The highest BCUT2D eigenvalue weighted by Crippen LogP contribution is 2.31. The maximum atomic E-state index is 11.0. The van der Waals surface area contributed by atoms with Gasteiger partial charge in [-0.3, -0.25) is 9.78 Å². The summed E-state index contributed by atoms with van der Waals surface area (Å²) >= 11 is 6.78. The number of anilines is 1. The molecule has 0 bridgehead atoms. The first-order valence-corrected chi connectivity index (χ1v) is 6.93. The van der Waals surface area contributed by atoms with Gasteiger partial charge in [-0.05, 0) is 28.1 Å². The summed E-state index contributed by atoms with van der Waals surface area (Å²) in [6, 6.07) is 3.71. The number of methoxy groups -OCH3 is 1. The summed E-state index contributed by atoms with van der Waals surface area (Å²) in [6.07, 6.45) is 2.62. The summed E-state index contributed by atoms with van der Waals surface area (Å²) in [6.45, 7) is 0. The Bertz CT molecular complexity index is 701. The average Bonchev–Trinajstić information content (AvgIpc) is 2.38. The summed E-state index contributed by atoms with van der Waals surface area (Å²) in [4.78, 5) is 13.5. The van der Waals surface area contributed by atoms with Crippen LogP contribution < -0.4 is 15.7 Å². The average molecular weight is 403 g/mol. The highest BCUT2D eigenvalue weighted by atomic mass is 79.9. The van der Waals surface area contributed by atoms with Crippen LogP contribution in [0.2, 0.25) is 0 Å². The molecule has 20 heavy (non-hydrogen) atoms. The number of ether oxygens (including phenoxy) is 1. The van der Waals surface area contributed by atoms with Crippen LogP contribution in [0.25, 0.3) is 0 Å². The van der Waals surface area contributed by atoms with E-state index < -0.39 is 0 Å². The molecule has 0 amide bonds. The fourth-order valence-electron chi connectivity index (χ4n) is 1.42. The molecular formula is C11H9Br2N5O2. The van der Waals surface area contributed by atoms with E-state index in [4.69, 9.17) is 4.74 Å². The minimum atomic E-state index is -0.361. The zero-order valence-electron chi connectivity index (χ0n) is 10.2. The van der Waals surface area contributed by atoms with Gasteiger partial charge in [-0.25, -0.2) is 5.43 Å². The SMILES string of the molecule is COc1c(Br)cc(Br)cc1/C=N/Nc1nncc(=O)[nH]1. The molecule has 1 heterocycles. The minimum Gasteiger partial charge on any atom is -0.495 e. The zero-order chi connectivity index (χ0) is 14.5. The molecule has 0 aliphatic rings. The number of rotatable bonds is 4. The van der Waals surface area contributed by atoms with Crippen LogP contribution in [-0.4, -0.2) is 28.5 Å². The van der Waals surface area contributed by atoms with E-state index in [2.05, 4.69) is 57.6 Å². The number of H-pyrrole nitrogens is 1. The topological polar surface area (TPSA) is 92.3 Å². The summed E-state index contributed by atoms with van der Waals surface area (Å²) in [5.74, 6) is 0.799. The van der Waals surface area contributed by atoms with Crippen molar-refractivity contribution in [1.29, 1.82) is 0 Å². The lowest BCUT2D eigenvalue weighted by Crippen LogP contribution is -2.10. The van der Waals surface area contributed by atoms with Crippen molar-refractivity contribution in [2.45, 2.75) is 0 Å². The van der Waals surface area contributed by atoms with E-state index >= 15 is 0 Å². The summed E-state index contributed by atoms with van der Waals surface area (Å²) in [7, 11) is 1.57. The summed E-state index contributed by atoms with van der Waals surface area (Å²) in [5.41, 5.74) is 2.96. The van der Waals surface area contributed by atoms with Gasteiger partial charge in [0.05, 0.1) is 17.8 Å². The van der Waals surface area contributed by atoms with Crippen LogP contribution in [0.4, 0.5) is 5.95 Å². The molecule has 0 saturated heterocycles. The van der Waals surface area contributed by atoms with E-state index in [1.54, 1.807) is 13.3 Å². The third-order valence-corrected chi connectivity index (χ3v) is 3.24. The maximum absolute atomic E-state index is 11.0. The first-order valence-electron chi connectivity index (χ1n) is 5.34. The molecule has 2 aromatic rings. The van der Waals surface area contributed by atoms with Gasteiger partial charge in [-0.1, -0.05) is 15.9 Å². The summed E-state index contributed by atoms with van der Waals surface area (Å²) in [5, 5.41) is 11.1. The fraction of sp³-hybridized carbons (Fsp3) is 0.0909. The lowest BCUT2D eigenvalue weighted by molar-refractivity contribution is 0.411. The number of nitrogens with zero attached hydrogens (tertiary/aromatic N) is 3. The number of aromatic amines is 1. The lowest BCUT2D eigenvalue weighted by atomic mass is 10.2. The van der Waals surface area contributed by atoms with Crippen molar-refractivity contribution in [3.8, 4) is 5.75 Å². The lowest BCUT2D eigenvalue weighted by Gasteiger charge is -2.07. The van der Waals surface area contributed by atoms with E-state index in [9.17, 15) is 4.79 Å². The molecule has 0 saturated carbocycles. The summed E-state index contributed by atoms with van der Waals surface area (Å²) < 4.78 is 6.95.